The van der Waals surface area contributed by atoms with Crippen LogP contribution in [-0.2, 0) is 0 Å². The van der Waals surface area contributed by atoms with E-state index in [9.17, 15) is 8.78 Å². The van der Waals surface area contributed by atoms with Gasteiger partial charge in [0.1, 0.15) is 0 Å². The topological polar surface area (TPSA) is 12.0 Å². The molecular formula is C12H15F2N. The highest BCUT2D eigenvalue weighted by Gasteiger charge is 2.15. The molecule has 0 saturated carbocycles. The summed E-state index contributed by atoms with van der Waals surface area (Å²) in [5.74, 6) is 0. The third kappa shape index (κ3) is 2.53. The third-order valence-electron chi connectivity index (χ3n) is 2.90. The number of alkyl halides is 2. The van der Waals surface area contributed by atoms with Crippen molar-refractivity contribution in [2.45, 2.75) is 31.7 Å². The average Bonchev–Trinajstić information content (AvgIpc) is 2.30. The minimum atomic E-state index is -2.36. The van der Waals surface area contributed by atoms with Crippen LogP contribution >= 0.6 is 0 Å². The molecule has 1 fully saturated rings. The van der Waals surface area contributed by atoms with E-state index in [0.29, 0.717) is 6.04 Å². The van der Waals surface area contributed by atoms with Crippen LogP contribution in [0.4, 0.5) is 8.78 Å². The maximum Gasteiger partial charge on any atom is 0.263 e. The molecule has 0 aliphatic carbocycles. The number of benzene rings is 1. The molecule has 15 heavy (non-hydrogen) atoms. The van der Waals surface area contributed by atoms with Gasteiger partial charge in [0.15, 0.2) is 0 Å². The number of hydrogen-bond donors (Lipinski definition) is 1. The molecule has 1 saturated heterocycles. The van der Waals surface area contributed by atoms with Gasteiger partial charge >= 0.3 is 0 Å². The third-order valence-corrected chi connectivity index (χ3v) is 2.90. The summed E-state index contributed by atoms with van der Waals surface area (Å²) in [6.45, 7) is 1.03. The second kappa shape index (κ2) is 4.71. The average molecular weight is 211 g/mol. The Morgan fingerprint density at radius 2 is 1.87 bits per heavy atom. The first-order chi connectivity index (χ1) is 7.27. The molecule has 3 heteroatoms. The largest absolute Gasteiger partial charge is 0.310 e. The minimum absolute atomic E-state index is 0.106. The molecule has 1 heterocycles. The van der Waals surface area contributed by atoms with Crippen LogP contribution in [0.3, 0.4) is 0 Å². The Hall–Kier alpha value is -0.960. The molecule has 2 rings (SSSR count). The van der Waals surface area contributed by atoms with E-state index in [-0.39, 0.29) is 5.56 Å². The fourth-order valence-corrected chi connectivity index (χ4v) is 2.01. The van der Waals surface area contributed by atoms with Crippen molar-refractivity contribution < 1.29 is 8.78 Å². The second-order valence-electron chi connectivity index (χ2n) is 3.97. The van der Waals surface area contributed by atoms with Crippen LogP contribution < -0.4 is 5.32 Å². The molecule has 1 aromatic carbocycles. The Morgan fingerprint density at radius 3 is 2.40 bits per heavy atom. The summed E-state index contributed by atoms with van der Waals surface area (Å²) in [4.78, 5) is 0. The van der Waals surface area contributed by atoms with E-state index in [1.54, 1.807) is 0 Å². The van der Waals surface area contributed by atoms with Crippen LogP contribution in [-0.4, -0.2) is 6.54 Å². The summed E-state index contributed by atoms with van der Waals surface area (Å²) >= 11 is 0. The van der Waals surface area contributed by atoms with Crippen LogP contribution in [0.2, 0.25) is 0 Å². The van der Waals surface area contributed by atoms with E-state index >= 15 is 0 Å². The van der Waals surface area contributed by atoms with Gasteiger partial charge in [0.25, 0.3) is 6.43 Å². The lowest BCUT2D eigenvalue weighted by molar-refractivity contribution is 0.151. The van der Waals surface area contributed by atoms with Crippen molar-refractivity contribution in [2.24, 2.45) is 0 Å². The van der Waals surface area contributed by atoms with E-state index in [0.717, 1.165) is 18.5 Å². The van der Waals surface area contributed by atoms with Gasteiger partial charge in [-0.2, -0.15) is 0 Å². The summed E-state index contributed by atoms with van der Waals surface area (Å²) in [6.07, 6.45) is 1.17. The molecule has 1 N–H and O–H groups in total. The predicted octanol–water partition coefficient (Wildman–Crippen LogP) is 3.44. The van der Waals surface area contributed by atoms with Crippen molar-refractivity contribution in [3.8, 4) is 0 Å². The molecule has 1 aliphatic heterocycles. The first kappa shape index (κ1) is 10.6. The normalized spacial score (nSPS) is 21.9. The smallest absolute Gasteiger partial charge is 0.263 e. The van der Waals surface area contributed by atoms with E-state index in [4.69, 9.17) is 0 Å². The van der Waals surface area contributed by atoms with Crippen LogP contribution in [0.25, 0.3) is 0 Å². The van der Waals surface area contributed by atoms with Crippen LogP contribution in [0.15, 0.2) is 24.3 Å². The molecule has 82 valence electrons. The fraction of sp³-hybridized carbons (Fsp3) is 0.500. The van der Waals surface area contributed by atoms with Crippen LogP contribution in [0.1, 0.15) is 42.9 Å². The molecule has 0 amide bonds. The number of hydrogen-bond acceptors (Lipinski definition) is 1. The van der Waals surface area contributed by atoms with E-state index in [1.165, 1.54) is 25.0 Å². The van der Waals surface area contributed by atoms with Gasteiger partial charge in [-0.25, -0.2) is 8.78 Å². The molecule has 1 aliphatic rings. The molecule has 1 nitrogen and oxygen atoms in total. The lowest BCUT2D eigenvalue weighted by Crippen LogP contribution is -2.26. The molecule has 0 aromatic heterocycles. The number of piperidine rings is 1. The summed E-state index contributed by atoms with van der Waals surface area (Å²) in [5.41, 5.74) is 1.23. The van der Waals surface area contributed by atoms with Crippen LogP contribution in [0, 0.1) is 0 Å². The first-order valence-electron chi connectivity index (χ1n) is 5.39. The van der Waals surface area contributed by atoms with Gasteiger partial charge in [-0.1, -0.05) is 30.7 Å². The minimum Gasteiger partial charge on any atom is -0.310 e. The molecule has 0 radical (unpaired) electrons. The number of halogens is 2. The van der Waals surface area contributed by atoms with Crippen molar-refractivity contribution in [1.82, 2.24) is 5.32 Å². The predicted molar refractivity (Wildman–Crippen MR) is 56.0 cm³/mol. The van der Waals surface area contributed by atoms with Crippen molar-refractivity contribution in [3.63, 3.8) is 0 Å². The summed E-state index contributed by atoms with van der Waals surface area (Å²) < 4.78 is 24.7. The highest BCUT2D eigenvalue weighted by molar-refractivity contribution is 5.25. The Bertz CT molecular complexity index is 302. The Morgan fingerprint density at radius 1 is 1.13 bits per heavy atom. The lowest BCUT2D eigenvalue weighted by atomic mass is 9.97. The van der Waals surface area contributed by atoms with Gasteiger partial charge in [0.2, 0.25) is 0 Å². The van der Waals surface area contributed by atoms with E-state index in [2.05, 4.69) is 5.32 Å². The summed E-state index contributed by atoms with van der Waals surface area (Å²) in [6, 6.07) is 7.02. The van der Waals surface area contributed by atoms with Gasteiger partial charge in [0, 0.05) is 11.6 Å². The molecule has 1 aromatic rings. The molecule has 0 unspecified atom stereocenters. The second-order valence-corrected chi connectivity index (χ2v) is 3.97. The highest BCUT2D eigenvalue weighted by atomic mass is 19.3. The first-order valence-corrected chi connectivity index (χ1v) is 5.39. The quantitative estimate of drug-likeness (QED) is 0.790. The van der Waals surface area contributed by atoms with Crippen molar-refractivity contribution >= 4 is 0 Å². The zero-order chi connectivity index (χ0) is 10.7. The summed E-state index contributed by atoms with van der Waals surface area (Å²) in [7, 11) is 0. The molecule has 0 spiro atoms. The zero-order valence-electron chi connectivity index (χ0n) is 8.55. The SMILES string of the molecule is FC(F)c1ccc([C@@H]2CCCCN2)cc1. The number of nitrogens with one attached hydrogen (secondary N) is 1. The van der Waals surface area contributed by atoms with Gasteiger partial charge < -0.3 is 5.32 Å². The zero-order valence-corrected chi connectivity index (χ0v) is 8.55. The molecule has 0 bridgehead atoms. The van der Waals surface area contributed by atoms with E-state index < -0.39 is 6.43 Å². The van der Waals surface area contributed by atoms with Crippen molar-refractivity contribution in [2.75, 3.05) is 6.54 Å². The van der Waals surface area contributed by atoms with Gasteiger partial charge in [-0.05, 0) is 24.9 Å². The lowest BCUT2D eigenvalue weighted by Gasteiger charge is -2.23. The van der Waals surface area contributed by atoms with E-state index in [1.807, 2.05) is 12.1 Å². The Kier molecular flexibility index (Phi) is 3.31. The Balaban J connectivity index is 2.08. The highest BCUT2D eigenvalue weighted by Crippen LogP contribution is 2.25. The molecular weight excluding hydrogens is 196 g/mol. The number of rotatable bonds is 2. The summed E-state index contributed by atoms with van der Waals surface area (Å²) in [5, 5.41) is 3.40. The Labute approximate surface area is 88.5 Å². The van der Waals surface area contributed by atoms with Gasteiger partial charge in [-0.15, -0.1) is 0 Å². The maximum atomic E-state index is 12.3. The van der Waals surface area contributed by atoms with Crippen molar-refractivity contribution in [3.05, 3.63) is 35.4 Å². The van der Waals surface area contributed by atoms with Gasteiger partial charge in [0.05, 0.1) is 0 Å². The van der Waals surface area contributed by atoms with Crippen molar-refractivity contribution in [1.29, 1.82) is 0 Å². The monoisotopic (exact) mass is 211 g/mol. The van der Waals surface area contributed by atoms with Gasteiger partial charge in [-0.3, -0.25) is 0 Å². The fourth-order valence-electron chi connectivity index (χ4n) is 2.01. The standard InChI is InChI=1S/C12H15F2N/c13-12(14)10-6-4-9(5-7-10)11-3-1-2-8-15-11/h4-7,11-12,15H,1-3,8H2/t11-/m0/s1. The maximum absolute atomic E-state index is 12.3. The van der Waals surface area contributed by atoms with Crippen LogP contribution in [0.5, 0.6) is 0 Å². The molecule has 1 atom stereocenters.